The summed E-state index contributed by atoms with van der Waals surface area (Å²) in [6, 6.07) is 3.71. The number of nitrogens with zero attached hydrogens (tertiary/aromatic N) is 2. The Morgan fingerprint density at radius 1 is 1.53 bits per heavy atom. The fourth-order valence-electron chi connectivity index (χ4n) is 2.48. The van der Waals surface area contributed by atoms with Gasteiger partial charge in [-0.3, -0.25) is 10.1 Å². The number of anilines is 1. The first-order chi connectivity index (χ1) is 8.90. The Morgan fingerprint density at radius 2 is 2.21 bits per heavy atom. The highest BCUT2D eigenvalue weighted by Crippen LogP contribution is 2.35. The van der Waals surface area contributed by atoms with Gasteiger partial charge < -0.3 is 10.6 Å². The zero-order valence-electron chi connectivity index (χ0n) is 11.1. The summed E-state index contributed by atoms with van der Waals surface area (Å²) in [7, 11) is 0. The first-order valence-electron chi connectivity index (χ1n) is 6.35. The third kappa shape index (κ3) is 2.90. The maximum absolute atomic E-state index is 10.9. The van der Waals surface area contributed by atoms with Crippen molar-refractivity contribution in [2.75, 3.05) is 18.0 Å². The molecule has 2 N–H and O–H groups in total. The van der Waals surface area contributed by atoms with E-state index in [2.05, 4.69) is 27.8 Å². The minimum atomic E-state index is -0.349. The highest BCUT2D eigenvalue weighted by atomic mass is 79.9. The summed E-state index contributed by atoms with van der Waals surface area (Å²) in [6.07, 6.45) is 0.948. The molecular weight excluding hydrogens is 310 g/mol. The monoisotopic (exact) mass is 327 g/mol. The minimum Gasteiger partial charge on any atom is -0.370 e. The molecule has 0 aliphatic carbocycles. The van der Waals surface area contributed by atoms with Crippen LogP contribution in [-0.4, -0.2) is 24.1 Å². The molecular formula is C13H18BrN3O2. The Balaban J connectivity index is 2.31. The van der Waals surface area contributed by atoms with Crippen molar-refractivity contribution in [3.05, 3.63) is 32.3 Å². The van der Waals surface area contributed by atoms with Crippen molar-refractivity contribution in [3.8, 4) is 0 Å². The van der Waals surface area contributed by atoms with Crippen molar-refractivity contribution < 1.29 is 4.92 Å². The number of hydrogen-bond donors (Lipinski definition) is 1. The maximum atomic E-state index is 10.9. The van der Waals surface area contributed by atoms with Crippen LogP contribution >= 0.6 is 15.9 Å². The van der Waals surface area contributed by atoms with Gasteiger partial charge in [-0.05, 0) is 41.3 Å². The molecule has 5 nitrogen and oxygen atoms in total. The fourth-order valence-corrected chi connectivity index (χ4v) is 3.06. The molecule has 2 rings (SSSR count). The van der Waals surface area contributed by atoms with Crippen molar-refractivity contribution in [2.24, 2.45) is 11.7 Å². The van der Waals surface area contributed by atoms with E-state index in [-0.39, 0.29) is 16.7 Å². The third-order valence-electron chi connectivity index (χ3n) is 3.77. The fraction of sp³-hybridized carbons (Fsp3) is 0.538. The van der Waals surface area contributed by atoms with E-state index >= 15 is 0 Å². The SMILES string of the molecule is Cc1cc(N2CCC(N)C(C)C2)c(Br)cc1[N+](=O)[O-]. The largest absolute Gasteiger partial charge is 0.370 e. The average Bonchev–Trinajstić information content (AvgIpc) is 2.35. The summed E-state index contributed by atoms with van der Waals surface area (Å²) < 4.78 is 0.771. The normalized spacial score (nSPS) is 23.5. The lowest BCUT2D eigenvalue weighted by atomic mass is 9.94. The van der Waals surface area contributed by atoms with Gasteiger partial charge in [-0.1, -0.05) is 6.92 Å². The first-order valence-corrected chi connectivity index (χ1v) is 7.14. The molecule has 0 aromatic heterocycles. The van der Waals surface area contributed by atoms with E-state index in [0.717, 1.165) is 29.7 Å². The molecule has 0 saturated carbocycles. The molecule has 2 unspecified atom stereocenters. The van der Waals surface area contributed by atoms with Crippen LogP contribution in [0.1, 0.15) is 18.9 Å². The summed E-state index contributed by atoms with van der Waals surface area (Å²) in [5.74, 6) is 0.427. The lowest BCUT2D eigenvalue weighted by molar-refractivity contribution is -0.385. The molecule has 0 amide bonds. The second-order valence-electron chi connectivity index (χ2n) is 5.22. The molecule has 0 radical (unpaired) electrons. The molecule has 1 aliphatic heterocycles. The van der Waals surface area contributed by atoms with Crippen molar-refractivity contribution >= 4 is 27.3 Å². The van der Waals surface area contributed by atoms with Crippen LogP contribution < -0.4 is 10.6 Å². The van der Waals surface area contributed by atoms with Crippen LogP contribution in [0, 0.1) is 23.0 Å². The molecule has 6 heteroatoms. The molecule has 1 aliphatic rings. The Kier molecular flexibility index (Phi) is 4.10. The van der Waals surface area contributed by atoms with Crippen LogP contribution in [0.3, 0.4) is 0 Å². The number of hydrogen-bond acceptors (Lipinski definition) is 4. The Hall–Kier alpha value is -1.14. The van der Waals surface area contributed by atoms with Crippen LogP contribution in [0.25, 0.3) is 0 Å². The van der Waals surface area contributed by atoms with Crippen molar-refractivity contribution in [1.29, 1.82) is 0 Å². The summed E-state index contributed by atoms with van der Waals surface area (Å²) in [6.45, 7) is 5.69. The number of piperidine rings is 1. The van der Waals surface area contributed by atoms with E-state index < -0.39 is 0 Å². The molecule has 2 atom stereocenters. The van der Waals surface area contributed by atoms with Crippen LogP contribution in [0.2, 0.25) is 0 Å². The first kappa shape index (κ1) is 14.3. The molecule has 1 fully saturated rings. The predicted octanol–water partition coefficient (Wildman–Crippen LogP) is 2.84. The van der Waals surface area contributed by atoms with Crippen LogP contribution in [0.4, 0.5) is 11.4 Å². The van der Waals surface area contributed by atoms with Crippen LogP contribution in [0.5, 0.6) is 0 Å². The number of nitro benzene ring substituents is 1. The van der Waals surface area contributed by atoms with E-state index in [1.807, 2.05) is 6.07 Å². The van der Waals surface area contributed by atoms with Crippen LogP contribution in [-0.2, 0) is 0 Å². The smallest absolute Gasteiger partial charge is 0.273 e. The van der Waals surface area contributed by atoms with E-state index in [4.69, 9.17) is 5.73 Å². The van der Waals surface area contributed by atoms with Crippen LogP contribution in [0.15, 0.2) is 16.6 Å². The second-order valence-corrected chi connectivity index (χ2v) is 6.08. The Morgan fingerprint density at radius 3 is 2.79 bits per heavy atom. The highest BCUT2D eigenvalue weighted by molar-refractivity contribution is 9.10. The van der Waals surface area contributed by atoms with Gasteiger partial charge in [0.1, 0.15) is 0 Å². The quantitative estimate of drug-likeness (QED) is 0.669. The average molecular weight is 328 g/mol. The number of halogens is 1. The number of nitrogens with two attached hydrogens (primary N) is 1. The van der Waals surface area contributed by atoms with E-state index in [9.17, 15) is 10.1 Å². The van der Waals surface area contributed by atoms with Gasteiger partial charge in [0.2, 0.25) is 0 Å². The number of nitro groups is 1. The molecule has 19 heavy (non-hydrogen) atoms. The molecule has 104 valence electrons. The van der Waals surface area contributed by atoms with Gasteiger partial charge in [-0.15, -0.1) is 0 Å². The number of rotatable bonds is 2. The van der Waals surface area contributed by atoms with Gasteiger partial charge in [-0.25, -0.2) is 0 Å². The van der Waals surface area contributed by atoms with E-state index in [1.165, 1.54) is 0 Å². The van der Waals surface area contributed by atoms with Crippen molar-refractivity contribution in [2.45, 2.75) is 26.3 Å². The molecule has 1 aromatic rings. The van der Waals surface area contributed by atoms with Crippen molar-refractivity contribution in [3.63, 3.8) is 0 Å². The standard InChI is InChI=1S/C13H18BrN3O2/c1-8-5-13(10(14)6-12(8)17(18)19)16-4-3-11(15)9(2)7-16/h5-6,9,11H,3-4,7,15H2,1-2H3. The molecule has 0 spiro atoms. The van der Waals surface area contributed by atoms with Crippen molar-refractivity contribution in [1.82, 2.24) is 0 Å². The van der Waals surface area contributed by atoms with E-state index in [0.29, 0.717) is 11.5 Å². The van der Waals surface area contributed by atoms with Gasteiger partial charge >= 0.3 is 0 Å². The third-order valence-corrected chi connectivity index (χ3v) is 4.41. The van der Waals surface area contributed by atoms with Gasteiger partial charge in [0.05, 0.1) is 10.6 Å². The Labute approximate surface area is 121 Å². The highest BCUT2D eigenvalue weighted by Gasteiger charge is 2.25. The Bertz CT molecular complexity index is 507. The lowest BCUT2D eigenvalue weighted by Crippen LogP contribution is -2.46. The number of aryl methyl sites for hydroxylation is 1. The molecule has 0 bridgehead atoms. The topological polar surface area (TPSA) is 72.4 Å². The van der Waals surface area contributed by atoms with Gasteiger partial charge in [0, 0.05) is 35.2 Å². The summed E-state index contributed by atoms with van der Waals surface area (Å²) in [5, 5.41) is 10.9. The predicted molar refractivity (Wildman–Crippen MR) is 79.5 cm³/mol. The summed E-state index contributed by atoms with van der Waals surface area (Å²) >= 11 is 3.44. The van der Waals surface area contributed by atoms with Gasteiger partial charge in [-0.2, -0.15) is 0 Å². The molecule has 1 heterocycles. The second kappa shape index (κ2) is 5.46. The molecule has 1 saturated heterocycles. The maximum Gasteiger partial charge on any atom is 0.273 e. The van der Waals surface area contributed by atoms with Gasteiger partial charge in [0.25, 0.3) is 5.69 Å². The van der Waals surface area contributed by atoms with Gasteiger partial charge in [0.15, 0.2) is 0 Å². The van der Waals surface area contributed by atoms with E-state index in [1.54, 1.807) is 13.0 Å². The zero-order valence-corrected chi connectivity index (χ0v) is 12.7. The zero-order chi connectivity index (χ0) is 14.2. The summed E-state index contributed by atoms with van der Waals surface area (Å²) in [4.78, 5) is 12.8. The number of benzene rings is 1. The lowest BCUT2D eigenvalue weighted by Gasteiger charge is -2.37. The summed E-state index contributed by atoms with van der Waals surface area (Å²) in [5.41, 5.74) is 7.87. The molecule has 1 aromatic carbocycles. The minimum absolute atomic E-state index is 0.150.